The molecule has 0 saturated carbocycles. The first-order valence-electron chi connectivity index (χ1n) is 8.16. The highest BCUT2D eigenvalue weighted by Crippen LogP contribution is 2.33. The van der Waals surface area contributed by atoms with Gasteiger partial charge in [-0.1, -0.05) is 78.8 Å². The van der Waals surface area contributed by atoms with E-state index in [1.807, 2.05) is 19.9 Å². The van der Waals surface area contributed by atoms with Crippen LogP contribution in [0, 0.1) is 6.92 Å². The van der Waals surface area contributed by atoms with Crippen molar-refractivity contribution >= 4 is 58.0 Å². The van der Waals surface area contributed by atoms with E-state index in [2.05, 4.69) is 0 Å². The molecule has 0 spiro atoms. The molecule has 0 bridgehead atoms. The summed E-state index contributed by atoms with van der Waals surface area (Å²) in [4.78, 5) is 0. The molecule has 3 nitrogen and oxygen atoms in total. The number of halogens is 5. The van der Waals surface area contributed by atoms with E-state index in [4.69, 9.17) is 72.6 Å². The number of alkyl halides is 3. The molecule has 1 rings (SSSR count). The lowest BCUT2D eigenvalue weighted by Crippen LogP contribution is -2.02. The molecule has 0 radical (unpaired) electrons. The van der Waals surface area contributed by atoms with Gasteiger partial charge in [0, 0.05) is 24.1 Å². The van der Waals surface area contributed by atoms with E-state index < -0.39 is 3.79 Å². The average molecular weight is 483 g/mol. The Bertz CT molecular complexity index is 530. The maximum Gasteiger partial charge on any atom is 0.190 e. The second-order valence-corrected chi connectivity index (χ2v) is 8.96. The van der Waals surface area contributed by atoms with Gasteiger partial charge in [-0.05, 0) is 38.0 Å². The van der Waals surface area contributed by atoms with Crippen LogP contribution in [-0.2, 0) is 0 Å². The number of aliphatic hydroxyl groups is 1. The van der Waals surface area contributed by atoms with Gasteiger partial charge >= 0.3 is 0 Å². The van der Waals surface area contributed by atoms with Gasteiger partial charge in [-0.3, -0.25) is 0 Å². The van der Waals surface area contributed by atoms with Gasteiger partial charge < -0.3 is 14.6 Å². The summed E-state index contributed by atoms with van der Waals surface area (Å²) in [6.07, 6.45) is 3.90. The van der Waals surface area contributed by atoms with E-state index in [0.717, 1.165) is 12.0 Å². The van der Waals surface area contributed by atoms with Gasteiger partial charge in [-0.25, -0.2) is 0 Å². The van der Waals surface area contributed by atoms with Crippen LogP contribution >= 0.6 is 58.0 Å². The maximum absolute atomic E-state index is 8.72. The Kier molecular flexibility index (Phi) is 17.1. The van der Waals surface area contributed by atoms with E-state index in [-0.39, 0.29) is 14.0 Å². The van der Waals surface area contributed by atoms with Crippen LogP contribution in [0.2, 0.25) is 5.02 Å². The number of hydrogen-bond acceptors (Lipinski definition) is 3. The Morgan fingerprint density at radius 2 is 1.85 bits per heavy atom. The highest BCUT2D eigenvalue weighted by atomic mass is 35.6. The van der Waals surface area contributed by atoms with Crippen LogP contribution in [0.15, 0.2) is 23.2 Å². The Hall–Kier alpha value is -0.0300. The van der Waals surface area contributed by atoms with Crippen molar-refractivity contribution in [3.05, 3.63) is 33.8 Å². The van der Waals surface area contributed by atoms with Gasteiger partial charge in [0.05, 0.1) is 11.6 Å². The van der Waals surface area contributed by atoms with Crippen molar-refractivity contribution in [3.63, 3.8) is 0 Å². The lowest BCUT2D eigenvalue weighted by molar-refractivity contribution is 0.232. The summed E-state index contributed by atoms with van der Waals surface area (Å²) in [5.74, 6) is 1.30. The van der Waals surface area contributed by atoms with Crippen LogP contribution in [0.5, 0.6) is 11.5 Å². The summed E-state index contributed by atoms with van der Waals surface area (Å²) in [7, 11) is 0. The minimum atomic E-state index is -1.03. The van der Waals surface area contributed by atoms with Crippen molar-refractivity contribution in [2.75, 3.05) is 19.8 Å². The van der Waals surface area contributed by atoms with Gasteiger partial charge in [-0.2, -0.15) is 0 Å². The molecule has 8 heteroatoms. The molecule has 0 aliphatic carbocycles. The molecule has 0 fully saturated rings. The van der Waals surface area contributed by atoms with Gasteiger partial charge in [0.25, 0.3) is 0 Å². The monoisotopic (exact) mass is 480 g/mol. The molecule has 0 aliphatic rings. The minimum absolute atomic E-state index is 0. The first kappa shape index (κ1) is 29.2. The van der Waals surface area contributed by atoms with Gasteiger partial charge in [0.2, 0.25) is 0 Å². The number of aryl methyl sites for hydroxylation is 1. The van der Waals surface area contributed by atoms with Crippen LogP contribution in [0.25, 0.3) is 0 Å². The first-order valence-corrected chi connectivity index (χ1v) is 10.0. The van der Waals surface area contributed by atoms with Gasteiger partial charge in [0.15, 0.2) is 3.79 Å². The summed E-state index contributed by atoms with van der Waals surface area (Å²) < 4.78 is 10.0. The third-order valence-electron chi connectivity index (χ3n) is 2.90. The van der Waals surface area contributed by atoms with E-state index in [1.165, 1.54) is 0 Å². The number of hydrogen-bond donors (Lipinski definition) is 1. The van der Waals surface area contributed by atoms with Gasteiger partial charge in [-0.15, -0.1) is 0 Å². The van der Waals surface area contributed by atoms with E-state index >= 15 is 0 Å². The average Bonchev–Trinajstić information content (AvgIpc) is 2.49. The number of aliphatic hydroxyl groups excluding tert-OH is 1. The summed E-state index contributed by atoms with van der Waals surface area (Å²) >= 11 is 28.0. The van der Waals surface area contributed by atoms with Crippen LogP contribution in [0.1, 0.15) is 46.1 Å². The predicted molar refractivity (Wildman–Crippen MR) is 120 cm³/mol. The lowest BCUT2D eigenvalue weighted by atomic mass is 10.2. The second-order valence-electron chi connectivity index (χ2n) is 5.44. The number of benzene rings is 1. The molecule has 0 unspecified atom stereocenters. The van der Waals surface area contributed by atoms with Crippen molar-refractivity contribution in [2.24, 2.45) is 0 Å². The number of allylic oxidation sites excluding steroid dienone is 1. The molecule has 158 valence electrons. The zero-order valence-electron chi connectivity index (χ0n) is 15.1. The quantitative estimate of drug-likeness (QED) is 0.304. The fraction of sp³-hybridized carbons (Fsp3) is 0.579. The zero-order chi connectivity index (χ0) is 20.2. The summed E-state index contributed by atoms with van der Waals surface area (Å²) in [5, 5.41) is 9.91. The van der Waals surface area contributed by atoms with Gasteiger partial charge in [0.1, 0.15) is 18.1 Å². The number of rotatable bonds is 8. The molecule has 27 heavy (non-hydrogen) atoms. The fourth-order valence-electron chi connectivity index (χ4n) is 1.74. The molecule has 1 N–H and O–H groups in total. The van der Waals surface area contributed by atoms with Crippen molar-refractivity contribution < 1.29 is 14.6 Å². The molecule has 0 aliphatic heterocycles. The molecular weight excluding hydrogens is 453 g/mol. The number of ether oxygens (including phenoxy) is 2. The Morgan fingerprint density at radius 1 is 1.22 bits per heavy atom. The third-order valence-corrected chi connectivity index (χ3v) is 3.90. The van der Waals surface area contributed by atoms with Crippen molar-refractivity contribution in [1.82, 2.24) is 0 Å². The Labute approximate surface area is 188 Å². The Morgan fingerprint density at radius 3 is 2.26 bits per heavy atom. The standard InChI is InChI=1S/C14H18Cl2O3.C4H7Cl3.CH4/c1-10-8-12(18-7-4-11(2)15)9-13(16)14(10)19-6-3-5-17;1-2-3-4(5,6)7;/h4,8-9,17H,3,5-7H2,1-2H3;2-3H2,1H3;1H4/b11-4+;;. The third kappa shape index (κ3) is 15.6. The minimum Gasteiger partial charge on any atom is -0.492 e. The first-order chi connectivity index (χ1) is 12.1. The topological polar surface area (TPSA) is 38.7 Å². The Balaban J connectivity index is 0. The highest BCUT2D eigenvalue weighted by Gasteiger charge is 2.16. The smallest absolute Gasteiger partial charge is 0.190 e. The zero-order valence-corrected chi connectivity index (χ0v) is 18.9. The van der Waals surface area contributed by atoms with Crippen molar-refractivity contribution in [2.45, 2.75) is 51.3 Å². The molecular formula is C19H29Cl5O3. The van der Waals surface area contributed by atoms with Crippen molar-refractivity contribution in [1.29, 1.82) is 0 Å². The largest absolute Gasteiger partial charge is 0.492 e. The molecule has 0 amide bonds. The van der Waals surface area contributed by atoms with E-state index in [1.54, 1.807) is 19.1 Å². The summed E-state index contributed by atoms with van der Waals surface area (Å²) in [6.45, 7) is 6.60. The maximum atomic E-state index is 8.72. The molecule has 0 saturated heterocycles. The fourth-order valence-corrected chi connectivity index (χ4v) is 2.68. The van der Waals surface area contributed by atoms with E-state index in [0.29, 0.717) is 47.6 Å². The van der Waals surface area contributed by atoms with Crippen LogP contribution in [-0.4, -0.2) is 28.7 Å². The summed E-state index contributed by atoms with van der Waals surface area (Å²) in [5.41, 5.74) is 0.895. The van der Waals surface area contributed by atoms with Crippen LogP contribution in [0.4, 0.5) is 0 Å². The highest BCUT2D eigenvalue weighted by molar-refractivity contribution is 6.67. The molecule has 0 heterocycles. The summed E-state index contributed by atoms with van der Waals surface area (Å²) in [6, 6.07) is 3.57. The molecule has 1 aromatic rings. The molecule has 1 aromatic carbocycles. The lowest BCUT2D eigenvalue weighted by Gasteiger charge is -2.12. The van der Waals surface area contributed by atoms with E-state index in [9.17, 15) is 0 Å². The van der Waals surface area contributed by atoms with Crippen molar-refractivity contribution in [3.8, 4) is 11.5 Å². The molecule has 0 aromatic heterocycles. The van der Waals surface area contributed by atoms with Crippen LogP contribution in [0.3, 0.4) is 0 Å². The SMILES string of the molecule is C.C/C(Cl)=C\COc1cc(C)c(OCCCO)c(Cl)c1.CCCC(Cl)(Cl)Cl. The normalized spacial score (nSPS) is 11.2. The second kappa shape index (κ2) is 15.8. The molecule has 0 atom stereocenters. The van der Waals surface area contributed by atoms with Crippen LogP contribution < -0.4 is 9.47 Å². The predicted octanol–water partition coefficient (Wildman–Crippen LogP) is 7.72.